The van der Waals surface area contributed by atoms with E-state index in [1.54, 1.807) is 11.3 Å². The van der Waals surface area contributed by atoms with Crippen LogP contribution < -0.4 is 4.74 Å². The van der Waals surface area contributed by atoms with E-state index in [2.05, 4.69) is 22.8 Å². The smallest absolute Gasteiger partial charge is 0.192 e. The fourth-order valence-electron chi connectivity index (χ4n) is 3.42. The minimum atomic E-state index is 0.0829. The van der Waals surface area contributed by atoms with Crippen molar-refractivity contribution >= 4 is 22.9 Å². The normalized spacial score (nSPS) is 17.0. The van der Waals surface area contributed by atoms with Gasteiger partial charge in [0, 0.05) is 37.6 Å². The van der Waals surface area contributed by atoms with Crippen molar-refractivity contribution in [2.45, 2.75) is 6.92 Å². The van der Waals surface area contributed by atoms with Gasteiger partial charge in [0.2, 0.25) is 0 Å². The number of benzene rings is 1. The topological polar surface area (TPSA) is 57.5 Å². The SMILES string of the molecule is Cc1cc2c(s1)Oc1ccccc1N=C2N1CCN(CCOCCO)CC1. The highest BCUT2D eigenvalue weighted by atomic mass is 32.1. The molecule has 0 unspecified atom stereocenters. The van der Waals surface area contributed by atoms with Crippen molar-refractivity contribution < 1.29 is 14.6 Å². The van der Waals surface area contributed by atoms with Crippen molar-refractivity contribution in [3.8, 4) is 10.8 Å². The Morgan fingerprint density at radius 1 is 1.19 bits per heavy atom. The second-order valence-electron chi connectivity index (χ2n) is 6.73. The standard InChI is InChI=1S/C20H25N3O3S/c1-15-14-16-19(21-17-4-2-3-5-18(17)26-20(16)27-15)23-8-6-22(7-9-23)10-12-25-13-11-24/h2-5,14,24H,6-13H2,1H3. The van der Waals surface area contributed by atoms with E-state index in [4.69, 9.17) is 19.6 Å². The lowest BCUT2D eigenvalue weighted by atomic mass is 10.2. The summed E-state index contributed by atoms with van der Waals surface area (Å²) in [6.07, 6.45) is 0. The van der Waals surface area contributed by atoms with Crippen molar-refractivity contribution in [3.05, 3.63) is 40.8 Å². The molecule has 0 saturated carbocycles. The molecule has 0 radical (unpaired) electrons. The fraction of sp³-hybridized carbons (Fsp3) is 0.450. The zero-order chi connectivity index (χ0) is 18.6. The third-order valence-corrected chi connectivity index (χ3v) is 5.74. The van der Waals surface area contributed by atoms with Gasteiger partial charge in [-0.1, -0.05) is 12.1 Å². The summed E-state index contributed by atoms with van der Waals surface area (Å²) in [6.45, 7) is 7.97. The number of ether oxygens (including phenoxy) is 2. The van der Waals surface area contributed by atoms with Crippen LogP contribution in [-0.4, -0.2) is 73.3 Å². The Labute approximate surface area is 163 Å². The molecule has 1 aromatic carbocycles. The second kappa shape index (κ2) is 8.39. The maximum Gasteiger partial charge on any atom is 0.192 e. The Kier molecular flexibility index (Phi) is 5.73. The van der Waals surface area contributed by atoms with Gasteiger partial charge in [0.15, 0.2) is 10.8 Å². The molecule has 0 spiro atoms. The third kappa shape index (κ3) is 4.16. The summed E-state index contributed by atoms with van der Waals surface area (Å²) in [5, 5.41) is 9.72. The zero-order valence-electron chi connectivity index (χ0n) is 15.6. The lowest BCUT2D eigenvalue weighted by molar-refractivity contribution is 0.0652. The van der Waals surface area contributed by atoms with Crippen LogP contribution in [0.3, 0.4) is 0 Å². The molecule has 0 amide bonds. The molecular weight excluding hydrogens is 362 g/mol. The minimum Gasteiger partial charge on any atom is -0.444 e. The molecule has 4 rings (SSSR count). The summed E-state index contributed by atoms with van der Waals surface area (Å²) in [6, 6.07) is 10.1. The Morgan fingerprint density at radius 2 is 2.00 bits per heavy atom. The van der Waals surface area contributed by atoms with Crippen molar-refractivity contribution in [1.82, 2.24) is 9.80 Å². The number of rotatable bonds is 5. The highest BCUT2D eigenvalue weighted by Crippen LogP contribution is 2.42. The molecule has 1 aromatic heterocycles. The summed E-state index contributed by atoms with van der Waals surface area (Å²) in [4.78, 5) is 11.0. The van der Waals surface area contributed by atoms with Crippen LogP contribution in [-0.2, 0) is 4.74 Å². The van der Waals surface area contributed by atoms with E-state index in [0.717, 1.165) is 60.6 Å². The van der Waals surface area contributed by atoms with E-state index >= 15 is 0 Å². The lowest BCUT2D eigenvalue weighted by Crippen LogP contribution is -2.49. The molecule has 144 valence electrons. The molecule has 27 heavy (non-hydrogen) atoms. The van der Waals surface area contributed by atoms with Crippen LogP contribution in [0.25, 0.3) is 0 Å². The van der Waals surface area contributed by atoms with Crippen LogP contribution in [0.1, 0.15) is 10.4 Å². The van der Waals surface area contributed by atoms with E-state index in [0.29, 0.717) is 13.2 Å². The minimum absolute atomic E-state index is 0.0829. The van der Waals surface area contributed by atoms with Crippen LogP contribution in [0.5, 0.6) is 10.8 Å². The Morgan fingerprint density at radius 3 is 2.81 bits per heavy atom. The summed E-state index contributed by atoms with van der Waals surface area (Å²) < 4.78 is 11.6. The van der Waals surface area contributed by atoms with Crippen molar-refractivity contribution in [2.75, 3.05) is 52.5 Å². The average Bonchev–Trinajstić information content (AvgIpc) is 2.97. The number of piperazine rings is 1. The van der Waals surface area contributed by atoms with Gasteiger partial charge in [-0.2, -0.15) is 0 Å². The average molecular weight is 388 g/mol. The number of hydrogen-bond donors (Lipinski definition) is 1. The maximum atomic E-state index is 8.79. The van der Waals surface area contributed by atoms with Gasteiger partial charge in [-0.05, 0) is 25.1 Å². The first-order valence-corrected chi connectivity index (χ1v) is 10.2. The second-order valence-corrected chi connectivity index (χ2v) is 7.95. The summed E-state index contributed by atoms with van der Waals surface area (Å²) in [5.74, 6) is 1.82. The van der Waals surface area contributed by atoms with Crippen LogP contribution >= 0.6 is 11.3 Å². The summed E-state index contributed by atoms with van der Waals surface area (Å²) >= 11 is 1.67. The van der Waals surface area contributed by atoms with E-state index < -0.39 is 0 Å². The molecule has 3 heterocycles. The number of fused-ring (bicyclic) bond motifs is 2. The van der Waals surface area contributed by atoms with Crippen LogP contribution in [0.2, 0.25) is 0 Å². The van der Waals surface area contributed by atoms with Gasteiger partial charge in [-0.3, -0.25) is 4.90 Å². The van der Waals surface area contributed by atoms with Gasteiger partial charge in [0.25, 0.3) is 0 Å². The lowest BCUT2D eigenvalue weighted by Gasteiger charge is -2.36. The number of aliphatic imine (C=N–C) groups is 1. The van der Waals surface area contributed by atoms with Crippen LogP contribution in [0, 0.1) is 6.92 Å². The first-order chi connectivity index (χ1) is 13.2. The third-order valence-electron chi connectivity index (χ3n) is 4.82. The Bertz CT molecular complexity index is 813. The predicted molar refractivity (Wildman–Crippen MR) is 108 cm³/mol. The maximum absolute atomic E-state index is 8.79. The molecule has 0 aliphatic carbocycles. The van der Waals surface area contributed by atoms with Gasteiger partial charge in [-0.25, -0.2) is 4.99 Å². The quantitative estimate of drug-likeness (QED) is 0.800. The molecule has 1 saturated heterocycles. The van der Waals surface area contributed by atoms with Gasteiger partial charge < -0.3 is 19.5 Å². The molecular formula is C20H25N3O3S. The summed E-state index contributed by atoms with van der Waals surface area (Å²) in [7, 11) is 0. The van der Waals surface area contributed by atoms with Gasteiger partial charge in [0.1, 0.15) is 11.5 Å². The predicted octanol–water partition coefficient (Wildman–Crippen LogP) is 2.87. The number of aliphatic hydroxyl groups excluding tert-OH is 1. The van der Waals surface area contributed by atoms with E-state index in [9.17, 15) is 0 Å². The molecule has 7 heteroatoms. The van der Waals surface area contributed by atoms with Crippen LogP contribution in [0.4, 0.5) is 5.69 Å². The first kappa shape index (κ1) is 18.4. The molecule has 2 aliphatic rings. The number of aryl methyl sites for hydroxylation is 1. The number of amidine groups is 1. The largest absolute Gasteiger partial charge is 0.444 e. The number of hydrogen-bond acceptors (Lipinski definition) is 7. The molecule has 0 atom stereocenters. The van der Waals surface area contributed by atoms with E-state index in [1.165, 1.54) is 4.88 Å². The number of thiophene rings is 1. The van der Waals surface area contributed by atoms with E-state index in [1.807, 2.05) is 24.3 Å². The van der Waals surface area contributed by atoms with Crippen LogP contribution in [0.15, 0.2) is 35.3 Å². The van der Waals surface area contributed by atoms with Gasteiger partial charge in [-0.15, -0.1) is 11.3 Å². The van der Waals surface area contributed by atoms with Crippen molar-refractivity contribution in [1.29, 1.82) is 0 Å². The fourth-order valence-corrected chi connectivity index (χ4v) is 4.28. The highest BCUT2D eigenvalue weighted by Gasteiger charge is 2.27. The molecule has 2 aliphatic heterocycles. The Hall–Kier alpha value is -1.93. The molecule has 1 fully saturated rings. The summed E-state index contributed by atoms with van der Waals surface area (Å²) in [5.41, 5.74) is 1.97. The van der Waals surface area contributed by atoms with Crippen molar-refractivity contribution in [3.63, 3.8) is 0 Å². The van der Waals surface area contributed by atoms with Gasteiger partial charge >= 0.3 is 0 Å². The number of nitrogens with zero attached hydrogens (tertiary/aromatic N) is 3. The number of para-hydroxylation sites is 2. The Balaban J connectivity index is 1.50. The molecule has 0 bridgehead atoms. The molecule has 1 N–H and O–H groups in total. The highest BCUT2D eigenvalue weighted by molar-refractivity contribution is 7.14. The van der Waals surface area contributed by atoms with E-state index in [-0.39, 0.29) is 6.61 Å². The zero-order valence-corrected chi connectivity index (χ0v) is 16.4. The molecule has 6 nitrogen and oxygen atoms in total. The number of aliphatic hydroxyl groups is 1. The van der Waals surface area contributed by atoms with Gasteiger partial charge in [0.05, 0.1) is 25.4 Å². The first-order valence-electron chi connectivity index (χ1n) is 9.37. The van der Waals surface area contributed by atoms with Crippen molar-refractivity contribution in [2.24, 2.45) is 4.99 Å². The molecule has 2 aromatic rings. The monoisotopic (exact) mass is 387 g/mol.